The van der Waals surface area contributed by atoms with E-state index in [2.05, 4.69) is 23.3 Å². The molecule has 0 fully saturated rings. The number of aliphatic carboxylic acids is 1. The lowest BCUT2D eigenvalue weighted by Gasteiger charge is -2.26. The van der Waals surface area contributed by atoms with Crippen molar-refractivity contribution in [2.75, 3.05) is 5.75 Å². The molecule has 0 aliphatic heterocycles. The van der Waals surface area contributed by atoms with Gasteiger partial charge in [0.1, 0.15) is 12.1 Å². The highest BCUT2D eigenvalue weighted by atomic mass is 32.1. The number of carbonyl (C=O) groups excluding carboxylic acids is 2. The predicted octanol–water partition coefficient (Wildman–Crippen LogP) is 0.390. The Morgan fingerprint density at radius 3 is 2.09 bits per heavy atom. The zero-order valence-corrected chi connectivity index (χ0v) is 15.1. The van der Waals surface area contributed by atoms with E-state index < -0.39 is 35.9 Å². The average molecular weight is 347 g/mol. The molecular formula is C15H29N3O4S. The summed E-state index contributed by atoms with van der Waals surface area (Å²) in [5, 5.41) is 14.4. The van der Waals surface area contributed by atoms with Crippen molar-refractivity contribution in [2.45, 2.75) is 58.7 Å². The second-order valence-corrected chi connectivity index (χ2v) is 6.55. The van der Waals surface area contributed by atoms with Crippen LogP contribution in [0.5, 0.6) is 0 Å². The Kier molecular flexibility index (Phi) is 9.90. The quantitative estimate of drug-likeness (QED) is 0.366. The van der Waals surface area contributed by atoms with Crippen LogP contribution in [0.4, 0.5) is 0 Å². The third-order valence-electron chi connectivity index (χ3n) is 3.65. The first-order valence-electron chi connectivity index (χ1n) is 7.83. The van der Waals surface area contributed by atoms with Gasteiger partial charge in [-0.3, -0.25) is 9.59 Å². The molecule has 2 amide bonds. The number of carboxylic acids is 1. The first kappa shape index (κ1) is 21.7. The average Bonchev–Trinajstić information content (AvgIpc) is 2.48. The molecule has 0 saturated carbocycles. The van der Waals surface area contributed by atoms with Gasteiger partial charge in [-0.25, -0.2) is 4.79 Å². The Bertz CT molecular complexity index is 418. The van der Waals surface area contributed by atoms with Crippen molar-refractivity contribution in [3.05, 3.63) is 0 Å². The molecule has 0 aliphatic rings. The normalized spacial score (nSPS) is 16.3. The molecule has 5 N–H and O–H groups in total. The molecule has 0 rings (SSSR count). The van der Waals surface area contributed by atoms with E-state index in [1.807, 2.05) is 20.8 Å². The van der Waals surface area contributed by atoms with Gasteiger partial charge < -0.3 is 21.5 Å². The summed E-state index contributed by atoms with van der Waals surface area (Å²) in [6, 6.07) is -2.62. The highest BCUT2D eigenvalue weighted by molar-refractivity contribution is 7.80. The van der Waals surface area contributed by atoms with Gasteiger partial charge in [-0.05, 0) is 18.3 Å². The van der Waals surface area contributed by atoms with E-state index in [1.54, 1.807) is 6.92 Å². The van der Waals surface area contributed by atoms with Gasteiger partial charge in [0, 0.05) is 5.75 Å². The maximum Gasteiger partial charge on any atom is 0.326 e. The van der Waals surface area contributed by atoms with E-state index in [9.17, 15) is 19.5 Å². The molecule has 0 aromatic heterocycles. The van der Waals surface area contributed by atoms with Crippen molar-refractivity contribution in [3.8, 4) is 0 Å². The fourth-order valence-corrected chi connectivity index (χ4v) is 2.17. The van der Waals surface area contributed by atoms with Crippen LogP contribution < -0.4 is 16.4 Å². The van der Waals surface area contributed by atoms with Crippen LogP contribution in [0.25, 0.3) is 0 Å². The molecule has 0 aromatic carbocycles. The summed E-state index contributed by atoms with van der Waals surface area (Å²) in [5.41, 5.74) is 5.60. The zero-order chi connectivity index (χ0) is 18.2. The van der Waals surface area contributed by atoms with Crippen molar-refractivity contribution in [3.63, 3.8) is 0 Å². The molecular weight excluding hydrogens is 318 g/mol. The number of nitrogens with one attached hydrogen (secondary N) is 2. The third kappa shape index (κ3) is 7.69. The number of amides is 2. The van der Waals surface area contributed by atoms with Gasteiger partial charge in [0.15, 0.2) is 0 Å². The number of rotatable bonds is 10. The van der Waals surface area contributed by atoms with Gasteiger partial charge in [-0.1, -0.05) is 34.1 Å². The molecule has 0 heterocycles. The van der Waals surface area contributed by atoms with Crippen LogP contribution in [0, 0.1) is 11.8 Å². The number of hydrogen-bond donors (Lipinski definition) is 5. The fourth-order valence-electron chi connectivity index (χ4n) is 2.00. The zero-order valence-electron chi connectivity index (χ0n) is 14.2. The van der Waals surface area contributed by atoms with E-state index in [0.717, 1.165) is 0 Å². The maximum absolute atomic E-state index is 12.4. The second kappa shape index (κ2) is 10.5. The second-order valence-electron chi connectivity index (χ2n) is 6.19. The lowest BCUT2D eigenvalue weighted by Crippen LogP contribution is -2.56. The summed E-state index contributed by atoms with van der Waals surface area (Å²) in [5.74, 6) is -1.99. The third-order valence-corrected chi connectivity index (χ3v) is 4.04. The maximum atomic E-state index is 12.4. The lowest BCUT2D eigenvalue weighted by atomic mass is 9.97. The van der Waals surface area contributed by atoms with Crippen molar-refractivity contribution in [2.24, 2.45) is 17.6 Å². The molecule has 23 heavy (non-hydrogen) atoms. The number of carbonyl (C=O) groups is 3. The molecule has 134 valence electrons. The SMILES string of the molecule is CC[C@H](C)[C@H](NC(=O)[C@H](CC(C)C)NC(=O)[C@@H](N)CS)C(=O)O. The van der Waals surface area contributed by atoms with Crippen LogP contribution in [0.15, 0.2) is 0 Å². The van der Waals surface area contributed by atoms with Gasteiger partial charge in [0.25, 0.3) is 0 Å². The summed E-state index contributed by atoms with van der Waals surface area (Å²) in [7, 11) is 0. The van der Waals surface area contributed by atoms with E-state index in [-0.39, 0.29) is 17.6 Å². The monoisotopic (exact) mass is 347 g/mol. The Morgan fingerprint density at radius 1 is 1.13 bits per heavy atom. The topological polar surface area (TPSA) is 122 Å². The molecule has 0 spiro atoms. The van der Waals surface area contributed by atoms with Crippen LogP contribution in [0.3, 0.4) is 0 Å². The van der Waals surface area contributed by atoms with Crippen LogP contribution in [0.1, 0.15) is 40.5 Å². The Hall–Kier alpha value is -1.28. The number of thiol groups is 1. The van der Waals surface area contributed by atoms with Crippen molar-refractivity contribution in [1.29, 1.82) is 0 Å². The molecule has 0 radical (unpaired) electrons. The number of hydrogen-bond acceptors (Lipinski definition) is 5. The fraction of sp³-hybridized carbons (Fsp3) is 0.800. The minimum atomic E-state index is -1.09. The lowest BCUT2D eigenvalue weighted by molar-refractivity contribution is -0.143. The molecule has 0 aliphatic carbocycles. The van der Waals surface area contributed by atoms with Crippen molar-refractivity contribution >= 4 is 30.4 Å². The van der Waals surface area contributed by atoms with Gasteiger partial charge >= 0.3 is 5.97 Å². The van der Waals surface area contributed by atoms with Crippen molar-refractivity contribution in [1.82, 2.24) is 10.6 Å². The van der Waals surface area contributed by atoms with Gasteiger partial charge in [-0.2, -0.15) is 12.6 Å². The summed E-state index contributed by atoms with van der Waals surface area (Å²) in [6.07, 6.45) is 1.01. The molecule has 0 bridgehead atoms. The minimum Gasteiger partial charge on any atom is -0.480 e. The number of carboxylic acid groups (broad SMARTS) is 1. The first-order valence-corrected chi connectivity index (χ1v) is 8.47. The standard InChI is InChI=1S/C15H29N3O4S/c1-5-9(4)12(15(21)22)18-14(20)11(6-8(2)3)17-13(19)10(16)7-23/h8-12,23H,5-7,16H2,1-4H3,(H,17,19)(H,18,20)(H,21,22)/t9-,10-,11-,12-/m0/s1. The van der Waals surface area contributed by atoms with Crippen molar-refractivity contribution < 1.29 is 19.5 Å². The molecule has 8 heteroatoms. The van der Waals surface area contributed by atoms with E-state index in [1.165, 1.54) is 0 Å². The van der Waals surface area contributed by atoms with Gasteiger partial charge in [0.05, 0.1) is 6.04 Å². The summed E-state index contributed by atoms with van der Waals surface area (Å²) in [6.45, 7) is 7.43. The summed E-state index contributed by atoms with van der Waals surface area (Å²) < 4.78 is 0. The molecule has 7 nitrogen and oxygen atoms in total. The van der Waals surface area contributed by atoms with E-state index in [4.69, 9.17) is 5.73 Å². The Labute approximate surface area is 143 Å². The molecule has 0 aromatic rings. The molecule has 4 atom stereocenters. The predicted molar refractivity (Wildman–Crippen MR) is 92.2 cm³/mol. The summed E-state index contributed by atoms with van der Waals surface area (Å²) >= 11 is 3.96. The van der Waals surface area contributed by atoms with Crippen LogP contribution in [-0.2, 0) is 14.4 Å². The van der Waals surface area contributed by atoms with E-state index in [0.29, 0.717) is 12.8 Å². The molecule has 0 saturated heterocycles. The van der Waals surface area contributed by atoms with Gasteiger partial charge in [-0.15, -0.1) is 0 Å². The van der Waals surface area contributed by atoms with E-state index >= 15 is 0 Å². The van der Waals surface area contributed by atoms with Crippen LogP contribution in [-0.4, -0.2) is 46.8 Å². The highest BCUT2D eigenvalue weighted by Gasteiger charge is 2.30. The van der Waals surface area contributed by atoms with Crippen LogP contribution >= 0.6 is 12.6 Å². The molecule has 0 unspecified atom stereocenters. The Morgan fingerprint density at radius 2 is 1.70 bits per heavy atom. The van der Waals surface area contributed by atoms with Crippen LogP contribution in [0.2, 0.25) is 0 Å². The Balaban J connectivity index is 5.05. The first-order chi connectivity index (χ1) is 10.6. The highest BCUT2D eigenvalue weighted by Crippen LogP contribution is 2.10. The number of nitrogens with two attached hydrogens (primary N) is 1. The smallest absolute Gasteiger partial charge is 0.326 e. The largest absolute Gasteiger partial charge is 0.480 e. The minimum absolute atomic E-state index is 0.144. The van der Waals surface area contributed by atoms with Gasteiger partial charge in [0.2, 0.25) is 11.8 Å². The summed E-state index contributed by atoms with van der Waals surface area (Å²) in [4.78, 5) is 35.6.